The van der Waals surface area contributed by atoms with E-state index >= 15 is 0 Å². The van der Waals surface area contributed by atoms with Crippen molar-refractivity contribution in [2.24, 2.45) is 0 Å². The molecular weight excluding hydrogens is 234 g/mol. The van der Waals surface area contributed by atoms with Gasteiger partial charge in [0.05, 0.1) is 27.2 Å². The zero-order valence-corrected chi connectivity index (χ0v) is 13.9. The Hall–Kier alpha value is -0.0800. The second-order valence-electron chi connectivity index (χ2n) is 6.83. The van der Waals surface area contributed by atoms with Gasteiger partial charge in [-0.15, -0.1) is 0 Å². The molecule has 2 nitrogen and oxygen atoms in total. The Balaban J connectivity index is 3.26. The summed E-state index contributed by atoms with van der Waals surface area (Å²) in [5.41, 5.74) is 0. The third-order valence-electron chi connectivity index (χ3n) is 3.87. The van der Waals surface area contributed by atoms with Crippen molar-refractivity contribution in [1.82, 2.24) is 0 Å². The number of rotatable bonds is 13. The fraction of sp³-hybridized carbons (Fsp3) is 1.00. The second kappa shape index (κ2) is 11.7. The van der Waals surface area contributed by atoms with Gasteiger partial charge in [-0.2, -0.15) is 0 Å². The third kappa shape index (κ3) is 14.1. The molecule has 0 aliphatic rings. The topological polar surface area (TPSA) is 23.1 Å². The number of unbranched alkanes of at least 4 members (excludes halogenated alkanes) is 9. The summed E-state index contributed by atoms with van der Waals surface area (Å²) in [6.07, 6.45) is 13.4. The molecule has 0 rings (SSSR count). The summed E-state index contributed by atoms with van der Waals surface area (Å²) >= 11 is 0. The molecule has 0 saturated carbocycles. The SMILES string of the molecule is CCCCCCCCCCCC[N+](C)(C)CC(C)[O-]. The van der Waals surface area contributed by atoms with E-state index in [0.29, 0.717) is 0 Å². The van der Waals surface area contributed by atoms with Gasteiger partial charge < -0.3 is 9.59 Å². The van der Waals surface area contributed by atoms with Crippen LogP contribution in [0.2, 0.25) is 0 Å². The Morgan fingerprint density at radius 2 is 1.21 bits per heavy atom. The van der Waals surface area contributed by atoms with Gasteiger partial charge in [0, 0.05) is 0 Å². The normalized spacial score (nSPS) is 13.7. The molecule has 0 heterocycles. The molecule has 116 valence electrons. The average molecular weight is 271 g/mol. The van der Waals surface area contributed by atoms with Gasteiger partial charge in [-0.3, -0.25) is 0 Å². The van der Waals surface area contributed by atoms with E-state index in [9.17, 15) is 5.11 Å². The molecule has 0 aromatic rings. The van der Waals surface area contributed by atoms with Gasteiger partial charge in [0.15, 0.2) is 0 Å². The molecule has 2 heteroatoms. The quantitative estimate of drug-likeness (QED) is 0.370. The number of hydrogen-bond acceptors (Lipinski definition) is 1. The van der Waals surface area contributed by atoms with E-state index in [2.05, 4.69) is 21.0 Å². The van der Waals surface area contributed by atoms with E-state index in [-0.39, 0.29) is 0 Å². The van der Waals surface area contributed by atoms with Crippen LogP contribution >= 0.6 is 0 Å². The van der Waals surface area contributed by atoms with E-state index in [1.807, 2.05) is 0 Å². The third-order valence-corrected chi connectivity index (χ3v) is 3.87. The van der Waals surface area contributed by atoms with Gasteiger partial charge in [0.2, 0.25) is 0 Å². The first kappa shape index (κ1) is 18.9. The monoisotopic (exact) mass is 271 g/mol. The standard InChI is InChI=1S/C17H37NO/c1-5-6-7-8-9-10-11-12-13-14-15-18(3,4)16-17(2)19/h17H,5-16H2,1-4H3. The molecule has 0 saturated heterocycles. The Labute approximate surface area is 121 Å². The largest absolute Gasteiger partial charge is 0.848 e. The predicted octanol–water partition coefficient (Wildman–Crippen LogP) is 3.73. The molecule has 1 unspecified atom stereocenters. The van der Waals surface area contributed by atoms with Crippen LogP contribution in [0.25, 0.3) is 0 Å². The van der Waals surface area contributed by atoms with Gasteiger partial charge in [-0.1, -0.05) is 71.3 Å². The summed E-state index contributed by atoms with van der Waals surface area (Å²) in [6.45, 7) is 5.96. The van der Waals surface area contributed by atoms with Crippen LogP contribution in [-0.4, -0.2) is 37.8 Å². The maximum Gasteiger partial charge on any atom is 0.0782 e. The first-order chi connectivity index (χ1) is 8.98. The van der Waals surface area contributed by atoms with Crippen molar-refractivity contribution >= 4 is 0 Å². The molecule has 1 atom stereocenters. The van der Waals surface area contributed by atoms with Crippen LogP contribution in [0.1, 0.15) is 78.1 Å². The molecule has 0 radical (unpaired) electrons. The highest BCUT2D eigenvalue weighted by Gasteiger charge is 2.13. The first-order valence-electron chi connectivity index (χ1n) is 8.46. The molecule has 0 aromatic carbocycles. The zero-order chi connectivity index (χ0) is 14.6. The number of hydrogen-bond donors (Lipinski definition) is 0. The minimum atomic E-state index is -0.432. The predicted molar refractivity (Wildman–Crippen MR) is 83.1 cm³/mol. The lowest BCUT2D eigenvalue weighted by Crippen LogP contribution is -2.48. The highest BCUT2D eigenvalue weighted by molar-refractivity contribution is 4.48. The molecule has 19 heavy (non-hydrogen) atoms. The van der Waals surface area contributed by atoms with Gasteiger partial charge in [-0.25, -0.2) is 0 Å². The zero-order valence-electron chi connectivity index (χ0n) is 13.9. The smallest absolute Gasteiger partial charge is 0.0782 e. The Bertz CT molecular complexity index is 190. The lowest BCUT2D eigenvalue weighted by molar-refractivity contribution is -0.899. The van der Waals surface area contributed by atoms with Crippen molar-refractivity contribution in [3.63, 3.8) is 0 Å². The molecule has 0 aliphatic carbocycles. The maximum atomic E-state index is 11.2. The van der Waals surface area contributed by atoms with Gasteiger partial charge in [-0.05, 0) is 12.8 Å². The van der Waals surface area contributed by atoms with Crippen LogP contribution in [0.5, 0.6) is 0 Å². The van der Waals surface area contributed by atoms with Crippen molar-refractivity contribution in [3.05, 3.63) is 0 Å². The van der Waals surface area contributed by atoms with Gasteiger partial charge >= 0.3 is 0 Å². The minimum Gasteiger partial charge on any atom is -0.848 e. The Kier molecular flexibility index (Phi) is 11.7. The average Bonchev–Trinajstić information content (AvgIpc) is 2.30. The van der Waals surface area contributed by atoms with Crippen molar-refractivity contribution in [2.45, 2.75) is 84.2 Å². The van der Waals surface area contributed by atoms with Crippen LogP contribution in [0, 0.1) is 0 Å². The number of quaternary nitrogens is 1. The summed E-state index contributed by atoms with van der Waals surface area (Å²) in [5.74, 6) is 0. The van der Waals surface area contributed by atoms with E-state index in [1.54, 1.807) is 6.92 Å². The van der Waals surface area contributed by atoms with Crippen molar-refractivity contribution < 1.29 is 9.59 Å². The Morgan fingerprint density at radius 1 is 0.789 bits per heavy atom. The molecule has 0 amide bonds. The van der Waals surface area contributed by atoms with Crippen LogP contribution < -0.4 is 5.11 Å². The molecule has 0 spiro atoms. The van der Waals surface area contributed by atoms with Crippen LogP contribution in [-0.2, 0) is 0 Å². The summed E-state index contributed by atoms with van der Waals surface area (Å²) in [5, 5.41) is 11.2. The van der Waals surface area contributed by atoms with E-state index in [4.69, 9.17) is 0 Å². The number of likely N-dealkylation sites (N-methyl/N-ethyl adjacent to an activating group) is 1. The summed E-state index contributed by atoms with van der Waals surface area (Å²) in [7, 11) is 4.37. The van der Waals surface area contributed by atoms with Crippen molar-refractivity contribution in [2.75, 3.05) is 27.2 Å². The maximum absolute atomic E-state index is 11.2. The highest BCUT2D eigenvalue weighted by Crippen LogP contribution is 2.11. The van der Waals surface area contributed by atoms with Gasteiger partial charge in [0.1, 0.15) is 0 Å². The molecule has 0 aromatic heterocycles. The first-order valence-corrected chi connectivity index (χ1v) is 8.46. The van der Waals surface area contributed by atoms with E-state index in [1.165, 1.54) is 64.2 Å². The van der Waals surface area contributed by atoms with Crippen LogP contribution in [0.4, 0.5) is 0 Å². The lowest BCUT2D eigenvalue weighted by atomic mass is 10.1. The summed E-state index contributed by atoms with van der Waals surface area (Å²) < 4.78 is 0.891. The number of nitrogens with zero attached hydrogens (tertiary/aromatic N) is 1. The fourth-order valence-corrected chi connectivity index (χ4v) is 2.81. The van der Waals surface area contributed by atoms with Crippen LogP contribution in [0.3, 0.4) is 0 Å². The minimum absolute atomic E-state index is 0.432. The fourth-order valence-electron chi connectivity index (χ4n) is 2.81. The summed E-state index contributed by atoms with van der Waals surface area (Å²) in [6, 6.07) is 0. The molecule has 0 N–H and O–H groups in total. The van der Waals surface area contributed by atoms with Crippen molar-refractivity contribution in [1.29, 1.82) is 0 Å². The molecule has 0 bridgehead atoms. The van der Waals surface area contributed by atoms with Crippen LogP contribution in [0.15, 0.2) is 0 Å². The Morgan fingerprint density at radius 3 is 1.63 bits per heavy atom. The lowest BCUT2D eigenvalue weighted by Gasteiger charge is -2.34. The van der Waals surface area contributed by atoms with E-state index in [0.717, 1.165) is 17.6 Å². The summed E-state index contributed by atoms with van der Waals surface area (Å²) in [4.78, 5) is 0. The second-order valence-corrected chi connectivity index (χ2v) is 6.83. The molecule has 0 aliphatic heterocycles. The van der Waals surface area contributed by atoms with E-state index < -0.39 is 6.10 Å². The highest BCUT2D eigenvalue weighted by atomic mass is 16.3. The van der Waals surface area contributed by atoms with Crippen molar-refractivity contribution in [3.8, 4) is 0 Å². The molecule has 0 fully saturated rings. The molecular formula is C17H37NO. The van der Waals surface area contributed by atoms with Gasteiger partial charge in [0.25, 0.3) is 0 Å².